The van der Waals surface area contributed by atoms with E-state index >= 15 is 0 Å². The predicted octanol–water partition coefficient (Wildman–Crippen LogP) is 1.79. The molecular formula is C12H10CuO4. The molecule has 93 valence electrons. The van der Waals surface area contributed by atoms with Crippen molar-refractivity contribution in [3.05, 3.63) is 53.6 Å². The summed E-state index contributed by atoms with van der Waals surface area (Å²) in [6.45, 7) is 0. The van der Waals surface area contributed by atoms with Crippen LogP contribution in [0.4, 0.5) is 0 Å². The Bertz CT molecular complexity index is 449. The van der Waals surface area contributed by atoms with Crippen LogP contribution >= 0.6 is 0 Å². The zero-order valence-electron chi connectivity index (χ0n) is 8.63. The van der Waals surface area contributed by atoms with Gasteiger partial charge in [0.2, 0.25) is 0 Å². The topological polar surface area (TPSA) is 74.6 Å². The van der Waals surface area contributed by atoms with Crippen molar-refractivity contribution < 1.29 is 36.9 Å². The van der Waals surface area contributed by atoms with Crippen molar-refractivity contribution in [2.45, 2.75) is 0 Å². The summed E-state index contributed by atoms with van der Waals surface area (Å²) in [6.07, 6.45) is 3.45. The molecule has 0 saturated heterocycles. The predicted molar refractivity (Wildman–Crippen MR) is 58.8 cm³/mol. The van der Waals surface area contributed by atoms with Gasteiger partial charge in [-0.15, -0.1) is 0 Å². The van der Waals surface area contributed by atoms with Gasteiger partial charge in [-0.25, -0.2) is 9.59 Å². The van der Waals surface area contributed by atoms with E-state index in [0.717, 1.165) is 5.56 Å². The first-order valence-corrected chi connectivity index (χ1v) is 4.50. The molecule has 0 unspecified atom stereocenters. The third-order valence-corrected chi connectivity index (χ3v) is 1.78. The Morgan fingerprint density at radius 2 is 1.65 bits per heavy atom. The summed E-state index contributed by atoms with van der Waals surface area (Å²) in [5, 5.41) is 17.2. The number of hydrogen-bond donors (Lipinski definition) is 2. The van der Waals surface area contributed by atoms with Gasteiger partial charge in [0.15, 0.2) is 0 Å². The van der Waals surface area contributed by atoms with Crippen molar-refractivity contribution in [3.8, 4) is 0 Å². The smallest absolute Gasteiger partial charge is 0.335 e. The molecule has 1 aromatic carbocycles. The van der Waals surface area contributed by atoms with Crippen molar-refractivity contribution in [2.24, 2.45) is 0 Å². The SMILES string of the molecule is O=C(O)/C=C(/C=Cc1ccccc1)C(=O)O.[Cu]. The summed E-state index contributed by atoms with van der Waals surface area (Å²) < 4.78 is 0. The first kappa shape index (κ1) is 15.2. The molecule has 1 aromatic rings. The van der Waals surface area contributed by atoms with Gasteiger partial charge in [-0.3, -0.25) is 0 Å². The Labute approximate surface area is 109 Å². The summed E-state index contributed by atoms with van der Waals surface area (Å²) in [5.74, 6) is -2.55. The molecule has 0 spiro atoms. The molecule has 5 heteroatoms. The average Bonchev–Trinajstić information content (AvgIpc) is 2.25. The van der Waals surface area contributed by atoms with E-state index in [-0.39, 0.29) is 22.6 Å². The summed E-state index contributed by atoms with van der Waals surface area (Å²) >= 11 is 0. The Hall–Kier alpha value is -1.84. The maximum Gasteiger partial charge on any atom is 0.335 e. The number of carboxylic acid groups (broad SMARTS) is 2. The monoisotopic (exact) mass is 281 g/mol. The molecule has 1 radical (unpaired) electrons. The van der Waals surface area contributed by atoms with Gasteiger partial charge < -0.3 is 10.2 Å². The normalized spacial score (nSPS) is 10.9. The number of carbonyl (C=O) groups is 2. The van der Waals surface area contributed by atoms with Crippen LogP contribution in [0.5, 0.6) is 0 Å². The minimum absolute atomic E-state index is 0. The van der Waals surface area contributed by atoms with Crippen molar-refractivity contribution in [3.63, 3.8) is 0 Å². The van der Waals surface area contributed by atoms with Crippen LogP contribution in [0.2, 0.25) is 0 Å². The number of rotatable bonds is 4. The van der Waals surface area contributed by atoms with Gasteiger partial charge in [-0.1, -0.05) is 36.4 Å². The van der Waals surface area contributed by atoms with Crippen LogP contribution in [0.25, 0.3) is 6.08 Å². The van der Waals surface area contributed by atoms with Gasteiger partial charge >= 0.3 is 11.9 Å². The summed E-state index contributed by atoms with van der Waals surface area (Å²) in [7, 11) is 0. The maximum atomic E-state index is 10.7. The molecular weight excluding hydrogens is 272 g/mol. The van der Waals surface area contributed by atoms with E-state index in [9.17, 15) is 9.59 Å². The van der Waals surface area contributed by atoms with Crippen molar-refractivity contribution in [1.29, 1.82) is 0 Å². The first-order chi connectivity index (χ1) is 7.59. The van der Waals surface area contributed by atoms with Gasteiger partial charge in [0.25, 0.3) is 0 Å². The van der Waals surface area contributed by atoms with Gasteiger partial charge in [0, 0.05) is 23.1 Å². The molecule has 2 N–H and O–H groups in total. The molecule has 0 aliphatic rings. The Balaban J connectivity index is 0.00000256. The van der Waals surface area contributed by atoms with Crippen molar-refractivity contribution in [1.82, 2.24) is 0 Å². The fraction of sp³-hybridized carbons (Fsp3) is 0. The second-order valence-corrected chi connectivity index (χ2v) is 2.99. The Morgan fingerprint density at radius 1 is 1.06 bits per heavy atom. The summed E-state index contributed by atoms with van der Waals surface area (Å²) in [5.41, 5.74) is 0.538. The van der Waals surface area contributed by atoms with E-state index in [4.69, 9.17) is 10.2 Å². The van der Waals surface area contributed by atoms with Crippen LogP contribution in [-0.4, -0.2) is 22.2 Å². The second kappa shape index (κ2) is 7.44. The quantitative estimate of drug-likeness (QED) is 0.501. The maximum absolute atomic E-state index is 10.7. The largest absolute Gasteiger partial charge is 0.478 e. The molecule has 0 fully saturated rings. The zero-order chi connectivity index (χ0) is 12.0. The second-order valence-electron chi connectivity index (χ2n) is 2.99. The fourth-order valence-electron chi connectivity index (χ4n) is 1.06. The molecule has 17 heavy (non-hydrogen) atoms. The number of hydrogen-bond acceptors (Lipinski definition) is 2. The average molecular weight is 282 g/mol. The van der Waals surface area contributed by atoms with Crippen LogP contribution in [-0.2, 0) is 26.7 Å². The molecule has 1 rings (SSSR count). The molecule has 0 aliphatic carbocycles. The van der Waals surface area contributed by atoms with Crippen molar-refractivity contribution >= 4 is 18.0 Å². The summed E-state index contributed by atoms with van der Waals surface area (Å²) in [4.78, 5) is 21.0. The molecule has 0 amide bonds. The first-order valence-electron chi connectivity index (χ1n) is 4.50. The fourth-order valence-corrected chi connectivity index (χ4v) is 1.06. The standard InChI is InChI=1S/C12H10O4.Cu/c13-11(14)8-10(12(15)16)7-6-9-4-2-1-3-5-9;/h1-8H,(H,13,14)(H,15,16);/b7-6?,10-8-;. The van der Waals surface area contributed by atoms with E-state index in [1.807, 2.05) is 6.07 Å². The van der Waals surface area contributed by atoms with Gasteiger partial charge in [0.1, 0.15) is 0 Å². The Kier molecular flexibility index (Phi) is 6.63. The van der Waals surface area contributed by atoms with Crippen LogP contribution < -0.4 is 0 Å². The third kappa shape index (κ3) is 5.70. The Morgan fingerprint density at radius 3 is 2.12 bits per heavy atom. The molecule has 0 aliphatic heterocycles. The minimum atomic E-state index is -1.28. The van der Waals surface area contributed by atoms with Crippen LogP contribution in [0, 0.1) is 0 Å². The van der Waals surface area contributed by atoms with Crippen LogP contribution in [0.1, 0.15) is 5.56 Å². The van der Waals surface area contributed by atoms with Crippen LogP contribution in [0.3, 0.4) is 0 Å². The molecule has 4 nitrogen and oxygen atoms in total. The van der Waals surface area contributed by atoms with E-state index in [1.165, 1.54) is 6.08 Å². The van der Waals surface area contributed by atoms with E-state index in [1.54, 1.807) is 30.3 Å². The number of benzene rings is 1. The summed E-state index contributed by atoms with van der Waals surface area (Å²) in [6, 6.07) is 9.03. The zero-order valence-corrected chi connectivity index (χ0v) is 9.57. The minimum Gasteiger partial charge on any atom is -0.478 e. The molecule has 0 heterocycles. The van der Waals surface area contributed by atoms with E-state index in [2.05, 4.69) is 0 Å². The molecule has 0 aromatic heterocycles. The molecule has 0 atom stereocenters. The number of carboxylic acids is 2. The van der Waals surface area contributed by atoms with Gasteiger partial charge in [0.05, 0.1) is 5.57 Å². The van der Waals surface area contributed by atoms with Crippen molar-refractivity contribution in [2.75, 3.05) is 0 Å². The van der Waals surface area contributed by atoms with Gasteiger partial charge in [-0.2, -0.15) is 0 Å². The van der Waals surface area contributed by atoms with E-state index in [0.29, 0.717) is 6.08 Å². The number of aliphatic carboxylic acids is 2. The molecule has 0 saturated carbocycles. The van der Waals surface area contributed by atoms with E-state index < -0.39 is 11.9 Å². The van der Waals surface area contributed by atoms with Gasteiger partial charge in [-0.05, 0) is 11.6 Å². The third-order valence-electron chi connectivity index (χ3n) is 1.78. The molecule has 0 bridgehead atoms. The van der Waals surface area contributed by atoms with Crippen LogP contribution in [0.15, 0.2) is 48.1 Å².